The number of benzene rings is 2. The number of anilines is 2. The van der Waals surface area contributed by atoms with Crippen molar-refractivity contribution in [2.24, 2.45) is 0 Å². The Bertz CT molecular complexity index is 1000. The molecule has 1 amide bonds. The SMILES string of the molecule is Cc1cccc(CNC(=O)c2ccnc(Nc3ccc4c(c3)OCCO4)c2)c1. The van der Waals surface area contributed by atoms with Crippen LogP contribution in [0.15, 0.2) is 60.8 Å². The molecule has 2 heterocycles. The first-order valence-corrected chi connectivity index (χ1v) is 9.14. The zero-order valence-corrected chi connectivity index (χ0v) is 15.6. The van der Waals surface area contributed by atoms with E-state index >= 15 is 0 Å². The van der Waals surface area contributed by atoms with Gasteiger partial charge in [0.2, 0.25) is 0 Å². The molecule has 0 spiro atoms. The Morgan fingerprint density at radius 3 is 2.75 bits per heavy atom. The number of nitrogens with one attached hydrogen (secondary N) is 2. The number of amides is 1. The predicted octanol–water partition coefficient (Wildman–Crippen LogP) is 3.83. The first kappa shape index (κ1) is 17.9. The van der Waals surface area contributed by atoms with Crippen LogP contribution in [0.25, 0.3) is 0 Å². The fraction of sp³-hybridized carbons (Fsp3) is 0.182. The lowest BCUT2D eigenvalue weighted by Crippen LogP contribution is -2.23. The highest BCUT2D eigenvalue weighted by molar-refractivity contribution is 5.94. The summed E-state index contributed by atoms with van der Waals surface area (Å²) in [6.45, 7) is 3.60. The van der Waals surface area contributed by atoms with Gasteiger partial charge in [-0.3, -0.25) is 4.79 Å². The highest BCUT2D eigenvalue weighted by Crippen LogP contribution is 2.33. The van der Waals surface area contributed by atoms with E-state index in [4.69, 9.17) is 9.47 Å². The van der Waals surface area contributed by atoms with Crippen LogP contribution >= 0.6 is 0 Å². The van der Waals surface area contributed by atoms with Crippen molar-refractivity contribution >= 4 is 17.4 Å². The minimum absolute atomic E-state index is 0.144. The van der Waals surface area contributed by atoms with E-state index in [9.17, 15) is 4.79 Å². The molecule has 0 saturated heterocycles. The summed E-state index contributed by atoms with van der Waals surface area (Å²) in [6.07, 6.45) is 1.61. The average molecular weight is 375 g/mol. The fourth-order valence-electron chi connectivity index (χ4n) is 3.02. The van der Waals surface area contributed by atoms with E-state index in [-0.39, 0.29) is 5.91 Å². The van der Waals surface area contributed by atoms with E-state index in [2.05, 4.69) is 21.7 Å². The molecule has 2 aromatic carbocycles. The molecule has 0 radical (unpaired) electrons. The molecule has 1 aliphatic heterocycles. The van der Waals surface area contributed by atoms with E-state index < -0.39 is 0 Å². The van der Waals surface area contributed by atoms with Crippen molar-refractivity contribution in [3.8, 4) is 11.5 Å². The third-order valence-electron chi connectivity index (χ3n) is 4.37. The van der Waals surface area contributed by atoms with Crippen LogP contribution in [0.1, 0.15) is 21.5 Å². The number of fused-ring (bicyclic) bond motifs is 1. The van der Waals surface area contributed by atoms with E-state index in [1.807, 2.05) is 43.3 Å². The van der Waals surface area contributed by atoms with Crippen LogP contribution in [0.3, 0.4) is 0 Å². The topological polar surface area (TPSA) is 72.5 Å². The van der Waals surface area contributed by atoms with Crippen LogP contribution < -0.4 is 20.1 Å². The van der Waals surface area contributed by atoms with Gasteiger partial charge < -0.3 is 20.1 Å². The Morgan fingerprint density at radius 2 is 1.89 bits per heavy atom. The number of hydrogen-bond donors (Lipinski definition) is 2. The van der Waals surface area contributed by atoms with Gasteiger partial charge in [0.1, 0.15) is 19.0 Å². The molecule has 142 valence electrons. The molecule has 0 saturated carbocycles. The minimum Gasteiger partial charge on any atom is -0.486 e. The van der Waals surface area contributed by atoms with Crippen molar-refractivity contribution in [2.45, 2.75) is 13.5 Å². The largest absolute Gasteiger partial charge is 0.486 e. The quantitative estimate of drug-likeness (QED) is 0.709. The first-order valence-electron chi connectivity index (χ1n) is 9.14. The third-order valence-corrected chi connectivity index (χ3v) is 4.37. The molecule has 0 fully saturated rings. The van der Waals surface area contributed by atoms with Crippen LogP contribution in [0.4, 0.5) is 11.5 Å². The van der Waals surface area contributed by atoms with Gasteiger partial charge >= 0.3 is 0 Å². The third kappa shape index (κ3) is 4.23. The van der Waals surface area contributed by atoms with Gasteiger partial charge in [-0.05, 0) is 36.8 Å². The van der Waals surface area contributed by atoms with E-state index in [1.165, 1.54) is 5.56 Å². The Hall–Kier alpha value is -3.54. The van der Waals surface area contributed by atoms with Crippen LogP contribution in [-0.2, 0) is 6.54 Å². The minimum atomic E-state index is -0.144. The van der Waals surface area contributed by atoms with Crippen molar-refractivity contribution in [3.05, 3.63) is 77.5 Å². The fourth-order valence-corrected chi connectivity index (χ4v) is 3.02. The van der Waals surface area contributed by atoms with E-state index in [1.54, 1.807) is 18.3 Å². The van der Waals surface area contributed by atoms with Crippen molar-refractivity contribution in [1.29, 1.82) is 0 Å². The molecule has 1 aromatic heterocycles. The lowest BCUT2D eigenvalue weighted by atomic mass is 10.1. The molecule has 0 unspecified atom stereocenters. The van der Waals surface area contributed by atoms with Crippen molar-refractivity contribution in [2.75, 3.05) is 18.5 Å². The highest BCUT2D eigenvalue weighted by Gasteiger charge is 2.12. The smallest absolute Gasteiger partial charge is 0.251 e. The van der Waals surface area contributed by atoms with Crippen LogP contribution in [0, 0.1) is 6.92 Å². The van der Waals surface area contributed by atoms with Gasteiger partial charge in [0.25, 0.3) is 5.91 Å². The summed E-state index contributed by atoms with van der Waals surface area (Å²) in [7, 11) is 0. The second-order valence-corrected chi connectivity index (χ2v) is 6.58. The van der Waals surface area contributed by atoms with Crippen molar-refractivity contribution < 1.29 is 14.3 Å². The average Bonchev–Trinajstić information content (AvgIpc) is 2.72. The standard InChI is InChI=1S/C22H21N3O3/c1-15-3-2-4-16(11-15)14-24-22(26)17-7-8-23-21(12-17)25-18-5-6-19-20(13-18)28-10-9-27-19/h2-8,11-13H,9-10,14H2,1H3,(H,23,25)(H,24,26). The lowest BCUT2D eigenvalue weighted by molar-refractivity contribution is 0.0951. The summed E-state index contributed by atoms with van der Waals surface area (Å²) >= 11 is 0. The molecule has 0 bridgehead atoms. The Balaban J connectivity index is 1.43. The van der Waals surface area contributed by atoms with Crippen LogP contribution in [-0.4, -0.2) is 24.1 Å². The first-order chi connectivity index (χ1) is 13.7. The Kier molecular flexibility index (Phi) is 5.10. The van der Waals surface area contributed by atoms with Gasteiger partial charge in [0, 0.05) is 30.1 Å². The second kappa shape index (κ2) is 8.00. The van der Waals surface area contributed by atoms with Gasteiger partial charge in [-0.25, -0.2) is 4.98 Å². The number of aromatic nitrogens is 1. The molecule has 2 N–H and O–H groups in total. The summed E-state index contributed by atoms with van der Waals surface area (Å²) in [5.74, 6) is 1.87. The van der Waals surface area contributed by atoms with Crippen molar-refractivity contribution in [3.63, 3.8) is 0 Å². The van der Waals surface area contributed by atoms with Gasteiger partial charge in [-0.15, -0.1) is 0 Å². The van der Waals surface area contributed by atoms with Gasteiger partial charge in [0.15, 0.2) is 11.5 Å². The summed E-state index contributed by atoms with van der Waals surface area (Å²) in [5, 5.41) is 6.15. The molecule has 1 aliphatic rings. The highest BCUT2D eigenvalue weighted by atomic mass is 16.6. The number of nitrogens with zero attached hydrogens (tertiary/aromatic N) is 1. The predicted molar refractivity (Wildman–Crippen MR) is 107 cm³/mol. The molecule has 3 aromatic rings. The lowest BCUT2D eigenvalue weighted by Gasteiger charge is -2.19. The van der Waals surface area contributed by atoms with Gasteiger partial charge in [-0.2, -0.15) is 0 Å². The number of ether oxygens (including phenoxy) is 2. The molecule has 0 atom stereocenters. The molecule has 28 heavy (non-hydrogen) atoms. The summed E-state index contributed by atoms with van der Waals surface area (Å²) < 4.78 is 11.1. The summed E-state index contributed by atoms with van der Waals surface area (Å²) in [4.78, 5) is 16.8. The van der Waals surface area contributed by atoms with E-state index in [0.29, 0.717) is 36.9 Å². The molecular weight excluding hydrogens is 354 g/mol. The zero-order chi connectivity index (χ0) is 19.3. The van der Waals surface area contributed by atoms with Gasteiger partial charge in [0.05, 0.1) is 0 Å². The number of aryl methyl sites for hydroxylation is 1. The number of hydrogen-bond acceptors (Lipinski definition) is 5. The summed E-state index contributed by atoms with van der Waals surface area (Å²) in [5.41, 5.74) is 3.59. The number of rotatable bonds is 5. The molecular formula is C22H21N3O3. The number of pyridine rings is 1. The maximum absolute atomic E-state index is 12.5. The van der Waals surface area contributed by atoms with Crippen molar-refractivity contribution in [1.82, 2.24) is 10.3 Å². The number of carbonyl (C=O) groups is 1. The summed E-state index contributed by atoms with van der Waals surface area (Å²) in [6, 6.07) is 17.1. The normalized spacial score (nSPS) is 12.3. The van der Waals surface area contributed by atoms with Crippen LogP contribution in [0.5, 0.6) is 11.5 Å². The Morgan fingerprint density at radius 1 is 1.04 bits per heavy atom. The molecule has 0 aliphatic carbocycles. The molecule has 4 rings (SSSR count). The Labute approximate surface area is 163 Å². The second-order valence-electron chi connectivity index (χ2n) is 6.58. The van der Waals surface area contributed by atoms with E-state index in [0.717, 1.165) is 17.0 Å². The number of carbonyl (C=O) groups excluding carboxylic acids is 1. The maximum atomic E-state index is 12.5. The maximum Gasteiger partial charge on any atom is 0.251 e. The molecule has 6 heteroatoms. The molecule has 6 nitrogen and oxygen atoms in total. The van der Waals surface area contributed by atoms with Gasteiger partial charge in [-0.1, -0.05) is 29.8 Å². The van der Waals surface area contributed by atoms with Crippen LogP contribution in [0.2, 0.25) is 0 Å². The monoisotopic (exact) mass is 375 g/mol. The zero-order valence-electron chi connectivity index (χ0n) is 15.6.